The molecule has 19 heavy (non-hydrogen) atoms. The van der Waals surface area contributed by atoms with Crippen LogP contribution in [0.3, 0.4) is 0 Å². The second-order valence-corrected chi connectivity index (χ2v) is 3.97. The molecule has 0 unspecified atom stereocenters. The molecule has 0 radical (unpaired) electrons. The molecule has 1 rings (SSSR count). The number of alkyl halides is 2. The Kier molecular flexibility index (Phi) is 5.54. The van der Waals surface area contributed by atoms with Crippen molar-refractivity contribution in [3.8, 4) is 11.5 Å². The van der Waals surface area contributed by atoms with E-state index in [0.717, 1.165) is 0 Å². The van der Waals surface area contributed by atoms with Crippen LogP contribution in [0.2, 0.25) is 0 Å². The fourth-order valence-corrected chi connectivity index (χ4v) is 1.64. The van der Waals surface area contributed by atoms with Gasteiger partial charge >= 0.3 is 6.61 Å². The summed E-state index contributed by atoms with van der Waals surface area (Å²) >= 11 is 0. The molecule has 0 aromatic heterocycles. The molecule has 106 valence electrons. The van der Waals surface area contributed by atoms with Gasteiger partial charge in [0.25, 0.3) is 0 Å². The van der Waals surface area contributed by atoms with Crippen LogP contribution in [0.5, 0.6) is 11.5 Å². The van der Waals surface area contributed by atoms with Crippen LogP contribution in [-0.2, 0) is 11.3 Å². The SMILES string of the molecule is CCC(=O)N(C)Cc1ccc(OC)c(OC(F)F)c1. The number of methoxy groups -OCH3 is 1. The first-order valence-corrected chi connectivity index (χ1v) is 5.83. The quantitative estimate of drug-likeness (QED) is 0.800. The molecule has 0 saturated heterocycles. The van der Waals surface area contributed by atoms with E-state index < -0.39 is 6.61 Å². The van der Waals surface area contributed by atoms with Gasteiger partial charge in [-0.25, -0.2) is 0 Å². The molecule has 0 N–H and O–H groups in total. The average Bonchev–Trinajstić information content (AvgIpc) is 2.37. The summed E-state index contributed by atoms with van der Waals surface area (Å²) in [5.74, 6) is 0.174. The molecule has 4 nitrogen and oxygen atoms in total. The van der Waals surface area contributed by atoms with Crippen molar-refractivity contribution in [3.63, 3.8) is 0 Å². The molecule has 1 aromatic rings. The van der Waals surface area contributed by atoms with Gasteiger partial charge in [0.05, 0.1) is 7.11 Å². The first kappa shape index (κ1) is 15.2. The molecular formula is C13H17F2NO3. The van der Waals surface area contributed by atoms with Crippen molar-refractivity contribution in [2.45, 2.75) is 26.5 Å². The maximum absolute atomic E-state index is 12.3. The summed E-state index contributed by atoms with van der Waals surface area (Å²) in [4.78, 5) is 13.0. The number of benzene rings is 1. The van der Waals surface area contributed by atoms with Crippen molar-refractivity contribution >= 4 is 5.91 Å². The molecule has 1 amide bonds. The summed E-state index contributed by atoms with van der Waals surface area (Å²) in [5, 5.41) is 0. The normalized spacial score (nSPS) is 10.4. The smallest absolute Gasteiger partial charge is 0.387 e. The van der Waals surface area contributed by atoms with Gasteiger partial charge in [-0.05, 0) is 17.7 Å². The second kappa shape index (κ2) is 6.92. The van der Waals surface area contributed by atoms with Crippen molar-refractivity contribution in [1.29, 1.82) is 0 Å². The molecule has 6 heteroatoms. The number of nitrogens with zero attached hydrogens (tertiary/aromatic N) is 1. The summed E-state index contributed by atoms with van der Waals surface area (Å²) in [6.07, 6.45) is 0.396. The van der Waals surface area contributed by atoms with Crippen LogP contribution in [0.15, 0.2) is 18.2 Å². The van der Waals surface area contributed by atoms with Crippen LogP contribution in [0.1, 0.15) is 18.9 Å². The highest BCUT2D eigenvalue weighted by molar-refractivity contribution is 5.75. The molecule has 0 atom stereocenters. The summed E-state index contributed by atoms with van der Waals surface area (Å²) in [7, 11) is 3.03. The summed E-state index contributed by atoms with van der Waals surface area (Å²) < 4.78 is 33.9. The Morgan fingerprint density at radius 1 is 1.37 bits per heavy atom. The lowest BCUT2D eigenvalue weighted by molar-refractivity contribution is -0.130. The van der Waals surface area contributed by atoms with Gasteiger partial charge in [-0.3, -0.25) is 4.79 Å². The number of hydrogen-bond acceptors (Lipinski definition) is 3. The molecular weight excluding hydrogens is 256 g/mol. The van der Waals surface area contributed by atoms with E-state index in [4.69, 9.17) is 4.74 Å². The Morgan fingerprint density at radius 2 is 2.05 bits per heavy atom. The van der Waals surface area contributed by atoms with E-state index in [-0.39, 0.29) is 17.4 Å². The van der Waals surface area contributed by atoms with E-state index >= 15 is 0 Å². The van der Waals surface area contributed by atoms with Crippen molar-refractivity contribution < 1.29 is 23.0 Å². The fraction of sp³-hybridized carbons (Fsp3) is 0.462. The lowest BCUT2D eigenvalue weighted by atomic mass is 10.2. The third-order valence-electron chi connectivity index (χ3n) is 2.59. The van der Waals surface area contributed by atoms with Gasteiger partial charge in [-0.15, -0.1) is 0 Å². The van der Waals surface area contributed by atoms with E-state index in [1.165, 1.54) is 24.1 Å². The third-order valence-corrected chi connectivity index (χ3v) is 2.59. The van der Waals surface area contributed by atoms with Gasteiger partial charge in [0.15, 0.2) is 11.5 Å². The monoisotopic (exact) mass is 273 g/mol. The van der Waals surface area contributed by atoms with Gasteiger partial charge in [0, 0.05) is 20.0 Å². The molecule has 0 aliphatic heterocycles. The Hall–Kier alpha value is -1.85. The second-order valence-electron chi connectivity index (χ2n) is 3.97. The van der Waals surface area contributed by atoms with Crippen molar-refractivity contribution in [1.82, 2.24) is 4.90 Å². The van der Waals surface area contributed by atoms with Crippen LogP contribution >= 0.6 is 0 Å². The van der Waals surface area contributed by atoms with Crippen LogP contribution in [-0.4, -0.2) is 31.6 Å². The number of halogens is 2. The van der Waals surface area contributed by atoms with Crippen LogP contribution in [0, 0.1) is 0 Å². The molecule has 1 aromatic carbocycles. The molecule has 0 bridgehead atoms. The van der Waals surface area contributed by atoms with E-state index in [1.54, 1.807) is 20.0 Å². The fourth-order valence-electron chi connectivity index (χ4n) is 1.64. The maximum atomic E-state index is 12.3. The molecule has 0 aliphatic carbocycles. The Morgan fingerprint density at radius 3 is 2.58 bits per heavy atom. The zero-order chi connectivity index (χ0) is 14.4. The van der Waals surface area contributed by atoms with Crippen LogP contribution in [0.4, 0.5) is 8.78 Å². The van der Waals surface area contributed by atoms with Crippen molar-refractivity contribution in [2.75, 3.05) is 14.2 Å². The largest absolute Gasteiger partial charge is 0.493 e. The highest BCUT2D eigenvalue weighted by atomic mass is 19.3. The molecule has 0 spiro atoms. The zero-order valence-corrected chi connectivity index (χ0v) is 11.2. The Bertz CT molecular complexity index is 438. The Balaban J connectivity index is 2.88. The first-order valence-electron chi connectivity index (χ1n) is 5.83. The minimum Gasteiger partial charge on any atom is -0.493 e. The molecule has 0 aliphatic rings. The predicted octanol–water partition coefficient (Wildman–Crippen LogP) is 2.67. The summed E-state index contributed by atoms with van der Waals surface area (Å²) in [5.41, 5.74) is 0.695. The van der Waals surface area contributed by atoms with E-state index in [1.807, 2.05) is 0 Å². The van der Waals surface area contributed by atoms with E-state index in [9.17, 15) is 13.6 Å². The number of ether oxygens (including phenoxy) is 2. The standard InChI is InChI=1S/C13H17F2NO3/c1-4-12(17)16(2)8-9-5-6-10(18-3)11(7-9)19-13(14)15/h5-7,13H,4,8H2,1-3H3. The van der Waals surface area contributed by atoms with Gasteiger partial charge in [0.1, 0.15) is 0 Å². The number of amides is 1. The lowest BCUT2D eigenvalue weighted by Gasteiger charge is -2.17. The highest BCUT2D eigenvalue weighted by Gasteiger charge is 2.13. The van der Waals surface area contributed by atoms with Crippen molar-refractivity contribution in [3.05, 3.63) is 23.8 Å². The number of hydrogen-bond donors (Lipinski definition) is 0. The number of carbonyl (C=O) groups excluding carboxylic acids is 1. The maximum Gasteiger partial charge on any atom is 0.387 e. The highest BCUT2D eigenvalue weighted by Crippen LogP contribution is 2.29. The number of carbonyl (C=O) groups is 1. The predicted molar refractivity (Wildman–Crippen MR) is 66.4 cm³/mol. The lowest BCUT2D eigenvalue weighted by Crippen LogP contribution is -2.25. The average molecular weight is 273 g/mol. The van der Waals surface area contributed by atoms with Gasteiger partial charge in [-0.2, -0.15) is 8.78 Å². The molecule has 0 fully saturated rings. The van der Waals surface area contributed by atoms with E-state index in [2.05, 4.69) is 4.74 Å². The minimum atomic E-state index is -2.92. The zero-order valence-electron chi connectivity index (χ0n) is 11.2. The van der Waals surface area contributed by atoms with Crippen LogP contribution in [0.25, 0.3) is 0 Å². The topological polar surface area (TPSA) is 38.8 Å². The van der Waals surface area contributed by atoms with Gasteiger partial charge in [0.2, 0.25) is 5.91 Å². The number of rotatable bonds is 6. The van der Waals surface area contributed by atoms with Gasteiger partial charge < -0.3 is 14.4 Å². The summed E-state index contributed by atoms with van der Waals surface area (Å²) in [6.45, 7) is -0.826. The first-order chi connectivity index (χ1) is 8.97. The molecule has 0 heterocycles. The Labute approximate surface area is 110 Å². The van der Waals surface area contributed by atoms with Gasteiger partial charge in [-0.1, -0.05) is 13.0 Å². The summed E-state index contributed by atoms with van der Waals surface area (Å²) in [6, 6.07) is 4.69. The van der Waals surface area contributed by atoms with E-state index in [0.29, 0.717) is 18.5 Å². The van der Waals surface area contributed by atoms with Crippen LogP contribution < -0.4 is 9.47 Å². The minimum absolute atomic E-state index is 0.0212. The molecule has 0 saturated carbocycles. The van der Waals surface area contributed by atoms with Crippen molar-refractivity contribution in [2.24, 2.45) is 0 Å². The third kappa shape index (κ3) is 4.39.